The second-order valence-corrected chi connectivity index (χ2v) is 4.89. The Bertz CT molecular complexity index is 396. The van der Waals surface area contributed by atoms with Crippen molar-refractivity contribution in [2.24, 2.45) is 0 Å². The topological polar surface area (TPSA) is 59.5 Å². The average Bonchev–Trinajstić information content (AvgIpc) is 2.50. The minimum absolute atomic E-state index is 0. The summed E-state index contributed by atoms with van der Waals surface area (Å²) in [7, 11) is 0. The second-order valence-electron chi connectivity index (χ2n) is 4.89. The van der Waals surface area contributed by atoms with Crippen LogP contribution in [0.2, 0.25) is 0 Å². The number of aromatic nitrogens is 2. The number of piperidine rings is 1. The van der Waals surface area contributed by atoms with Crippen molar-refractivity contribution in [1.82, 2.24) is 15.3 Å². The highest BCUT2D eigenvalue weighted by atomic mass is 35.5. The molecule has 1 aromatic rings. The minimum atomic E-state index is 0. The summed E-state index contributed by atoms with van der Waals surface area (Å²) in [5, 5.41) is 3.32. The van der Waals surface area contributed by atoms with Gasteiger partial charge in [0.1, 0.15) is 6.10 Å². The molecule has 2 aliphatic rings. The van der Waals surface area contributed by atoms with Gasteiger partial charge in [0.25, 0.3) is 0 Å². The van der Waals surface area contributed by atoms with Crippen molar-refractivity contribution in [2.75, 3.05) is 44.3 Å². The summed E-state index contributed by atoms with van der Waals surface area (Å²) >= 11 is 0. The first kappa shape index (κ1) is 18.2. The van der Waals surface area contributed by atoms with E-state index in [0.29, 0.717) is 6.10 Å². The number of nitrogens with one attached hydrogen (secondary N) is 1. The third-order valence-corrected chi connectivity index (χ3v) is 3.50. The maximum atomic E-state index is 5.89. The molecule has 0 amide bonds. The normalized spacial score (nSPS) is 19.3. The molecule has 3 rings (SSSR count). The molecule has 0 aromatic carbocycles. The van der Waals surface area contributed by atoms with Gasteiger partial charge in [-0.2, -0.15) is 0 Å². The number of ether oxygens (including phenoxy) is 2. The molecule has 1 aromatic heterocycles. The molecule has 2 saturated heterocycles. The molecule has 0 atom stereocenters. The number of nitrogens with zero attached hydrogens (tertiary/aromatic N) is 3. The number of anilines is 1. The van der Waals surface area contributed by atoms with Crippen molar-refractivity contribution in [3.05, 3.63) is 12.4 Å². The van der Waals surface area contributed by atoms with E-state index < -0.39 is 0 Å². The van der Waals surface area contributed by atoms with E-state index in [1.54, 1.807) is 12.4 Å². The van der Waals surface area contributed by atoms with Gasteiger partial charge in [0.15, 0.2) is 5.75 Å². The number of rotatable bonds is 3. The van der Waals surface area contributed by atoms with Crippen molar-refractivity contribution in [1.29, 1.82) is 0 Å². The van der Waals surface area contributed by atoms with Gasteiger partial charge in [0, 0.05) is 13.1 Å². The van der Waals surface area contributed by atoms with Crippen molar-refractivity contribution >= 4 is 30.8 Å². The molecule has 2 aliphatic heterocycles. The smallest absolute Gasteiger partial charge is 0.225 e. The molecule has 0 aliphatic carbocycles. The monoisotopic (exact) mass is 336 g/mol. The fraction of sp³-hybridized carbons (Fsp3) is 0.692. The number of morpholine rings is 1. The molecule has 1 N–H and O–H groups in total. The Morgan fingerprint density at radius 2 is 1.71 bits per heavy atom. The molecule has 6 nitrogen and oxygen atoms in total. The van der Waals surface area contributed by atoms with Gasteiger partial charge in [-0.1, -0.05) is 0 Å². The van der Waals surface area contributed by atoms with Crippen molar-refractivity contribution in [3.8, 4) is 5.75 Å². The predicted octanol–water partition coefficient (Wildman–Crippen LogP) is 1.29. The Morgan fingerprint density at radius 3 is 2.33 bits per heavy atom. The lowest BCUT2D eigenvalue weighted by Gasteiger charge is -2.27. The highest BCUT2D eigenvalue weighted by Crippen LogP contribution is 2.17. The van der Waals surface area contributed by atoms with Gasteiger partial charge >= 0.3 is 0 Å². The zero-order valence-electron chi connectivity index (χ0n) is 11.9. The van der Waals surface area contributed by atoms with E-state index in [-0.39, 0.29) is 24.8 Å². The van der Waals surface area contributed by atoms with Gasteiger partial charge in [-0.05, 0) is 25.9 Å². The maximum Gasteiger partial charge on any atom is 0.225 e. The Morgan fingerprint density at radius 1 is 1.10 bits per heavy atom. The highest BCUT2D eigenvalue weighted by Gasteiger charge is 2.16. The summed E-state index contributed by atoms with van der Waals surface area (Å²) in [6.07, 6.45) is 5.94. The third-order valence-electron chi connectivity index (χ3n) is 3.50. The van der Waals surface area contributed by atoms with Crippen LogP contribution in [0.3, 0.4) is 0 Å². The minimum Gasteiger partial charge on any atom is -0.487 e. The SMILES string of the molecule is Cl.Cl.c1nc(N2CCOCC2)ncc1OC1CCNCC1. The molecule has 0 unspecified atom stereocenters. The molecule has 8 heteroatoms. The van der Waals surface area contributed by atoms with E-state index in [2.05, 4.69) is 20.2 Å². The first-order valence-corrected chi connectivity index (χ1v) is 6.94. The van der Waals surface area contributed by atoms with Gasteiger partial charge in [-0.3, -0.25) is 0 Å². The van der Waals surface area contributed by atoms with E-state index in [1.165, 1.54) is 0 Å². The zero-order chi connectivity index (χ0) is 12.9. The van der Waals surface area contributed by atoms with Crippen molar-refractivity contribution in [3.63, 3.8) is 0 Å². The quantitative estimate of drug-likeness (QED) is 0.897. The van der Waals surface area contributed by atoms with Crippen LogP contribution in [-0.2, 0) is 4.74 Å². The summed E-state index contributed by atoms with van der Waals surface area (Å²) in [6, 6.07) is 0. The molecule has 0 spiro atoms. The molecular weight excluding hydrogens is 315 g/mol. The summed E-state index contributed by atoms with van der Waals surface area (Å²) in [5.74, 6) is 1.53. The van der Waals surface area contributed by atoms with Crippen molar-refractivity contribution in [2.45, 2.75) is 18.9 Å². The van der Waals surface area contributed by atoms with Crippen LogP contribution in [-0.4, -0.2) is 55.5 Å². The van der Waals surface area contributed by atoms with Crippen LogP contribution >= 0.6 is 24.8 Å². The average molecular weight is 337 g/mol. The highest BCUT2D eigenvalue weighted by molar-refractivity contribution is 5.85. The van der Waals surface area contributed by atoms with Crippen LogP contribution < -0.4 is 15.0 Å². The van der Waals surface area contributed by atoms with Gasteiger partial charge in [0.2, 0.25) is 5.95 Å². The molecule has 3 heterocycles. The Balaban J connectivity index is 0.00000110. The van der Waals surface area contributed by atoms with E-state index in [1.807, 2.05) is 0 Å². The summed E-state index contributed by atoms with van der Waals surface area (Å²) in [4.78, 5) is 10.9. The lowest BCUT2D eigenvalue weighted by atomic mass is 10.1. The standard InChI is InChI=1S/C13H20N4O2.2ClH/c1-3-14-4-2-11(1)19-12-9-15-13(16-10-12)17-5-7-18-8-6-17;;/h9-11,14H,1-8H2;2*1H. The van der Waals surface area contributed by atoms with Gasteiger partial charge in [-0.25, -0.2) is 9.97 Å². The van der Waals surface area contributed by atoms with Crippen LogP contribution in [0.5, 0.6) is 5.75 Å². The van der Waals surface area contributed by atoms with E-state index in [9.17, 15) is 0 Å². The van der Waals surface area contributed by atoms with Gasteiger partial charge in [-0.15, -0.1) is 24.8 Å². The molecule has 21 heavy (non-hydrogen) atoms. The maximum absolute atomic E-state index is 5.89. The van der Waals surface area contributed by atoms with Crippen LogP contribution in [0.25, 0.3) is 0 Å². The number of hydrogen-bond acceptors (Lipinski definition) is 6. The van der Waals surface area contributed by atoms with Crippen LogP contribution in [0, 0.1) is 0 Å². The largest absolute Gasteiger partial charge is 0.487 e. The van der Waals surface area contributed by atoms with Crippen LogP contribution in [0.1, 0.15) is 12.8 Å². The van der Waals surface area contributed by atoms with Crippen LogP contribution in [0.4, 0.5) is 5.95 Å². The first-order valence-electron chi connectivity index (χ1n) is 6.94. The summed E-state index contributed by atoms with van der Waals surface area (Å²) in [5.41, 5.74) is 0. The summed E-state index contributed by atoms with van der Waals surface area (Å²) in [6.45, 7) is 5.26. The third kappa shape index (κ3) is 5.14. The van der Waals surface area contributed by atoms with Gasteiger partial charge < -0.3 is 19.7 Å². The molecular formula is C13H22Cl2N4O2. The van der Waals surface area contributed by atoms with E-state index in [4.69, 9.17) is 9.47 Å². The van der Waals surface area contributed by atoms with Crippen molar-refractivity contribution < 1.29 is 9.47 Å². The molecule has 0 bridgehead atoms. The molecule has 120 valence electrons. The first-order chi connectivity index (χ1) is 9.42. The number of halogens is 2. The Hall–Kier alpha value is -0.820. The second kappa shape index (κ2) is 9.25. The lowest BCUT2D eigenvalue weighted by Crippen LogP contribution is -2.37. The van der Waals surface area contributed by atoms with E-state index in [0.717, 1.165) is 63.9 Å². The lowest BCUT2D eigenvalue weighted by molar-refractivity contribution is 0.122. The van der Waals surface area contributed by atoms with Crippen LogP contribution in [0.15, 0.2) is 12.4 Å². The number of hydrogen-bond donors (Lipinski definition) is 1. The van der Waals surface area contributed by atoms with E-state index >= 15 is 0 Å². The molecule has 0 saturated carbocycles. The fourth-order valence-electron chi connectivity index (χ4n) is 2.40. The van der Waals surface area contributed by atoms with Gasteiger partial charge in [0.05, 0.1) is 25.6 Å². The predicted molar refractivity (Wildman–Crippen MR) is 86.1 cm³/mol. The summed E-state index contributed by atoms with van der Waals surface area (Å²) < 4.78 is 11.2. The Kier molecular flexibility index (Phi) is 8.03. The molecule has 2 fully saturated rings. The zero-order valence-corrected chi connectivity index (χ0v) is 13.5. The molecule has 0 radical (unpaired) electrons. The Labute approximate surface area is 137 Å². The fourth-order valence-corrected chi connectivity index (χ4v) is 2.40.